The second kappa shape index (κ2) is 11.1. The SMILES string of the molecule is Cc1ccc(-n2c(SCC(=O)NC(C)CCCC(C)C)nnc2-c2ccncc2)cc1. The van der Waals surface area contributed by atoms with Crippen molar-refractivity contribution in [1.82, 2.24) is 25.1 Å². The van der Waals surface area contributed by atoms with Gasteiger partial charge in [-0.1, -0.05) is 56.1 Å². The minimum atomic E-state index is 0.0194. The highest BCUT2D eigenvalue weighted by Crippen LogP contribution is 2.27. The Morgan fingerprint density at radius 3 is 2.42 bits per heavy atom. The molecule has 31 heavy (non-hydrogen) atoms. The Morgan fingerprint density at radius 1 is 1.03 bits per heavy atom. The molecule has 1 unspecified atom stereocenters. The molecule has 1 N–H and O–H groups in total. The van der Waals surface area contributed by atoms with Gasteiger partial charge in [0.2, 0.25) is 5.91 Å². The number of amides is 1. The standard InChI is InChI=1S/C24H31N5OS/c1-17(2)6-5-7-19(4)26-22(30)16-31-24-28-27-23(20-12-14-25-15-13-20)29(24)21-10-8-18(3)9-11-21/h8-15,17,19H,5-7,16H2,1-4H3,(H,26,30). The fourth-order valence-electron chi connectivity index (χ4n) is 3.33. The highest BCUT2D eigenvalue weighted by molar-refractivity contribution is 7.99. The quantitative estimate of drug-likeness (QED) is 0.449. The third-order valence-electron chi connectivity index (χ3n) is 5.02. The number of benzene rings is 1. The lowest BCUT2D eigenvalue weighted by Crippen LogP contribution is -2.33. The van der Waals surface area contributed by atoms with E-state index in [0.29, 0.717) is 16.8 Å². The number of hydrogen-bond acceptors (Lipinski definition) is 5. The number of hydrogen-bond donors (Lipinski definition) is 1. The van der Waals surface area contributed by atoms with Crippen LogP contribution in [0.4, 0.5) is 0 Å². The first-order chi connectivity index (χ1) is 14.9. The molecule has 1 atom stereocenters. The predicted octanol–water partition coefficient (Wildman–Crippen LogP) is 5.06. The van der Waals surface area contributed by atoms with Gasteiger partial charge in [0.1, 0.15) is 0 Å². The summed E-state index contributed by atoms with van der Waals surface area (Å²) < 4.78 is 2.00. The van der Waals surface area contributed by atoms with E-state index in [2.05, 4.69) is 60.3 Å². The van der Waals surface area contributed by atoms with Crippen molar-refractivity contribution in [3.63, 3.8) is 0 Å². The van der Waals surface area contributed by atoms with E-state index in [1.807, 2.05) is 28.8 Å². The van der Waals surface area contributed by atoms with Crippen molar-refractivity contribution in [2.75, 3.05) is 5.75 Å². The highest BCUT2D eigenvalue weighted by Gasteiger charge is 2.18. The Kier molecular flexibility index (Phi) is 8.23. The summed E-state index contributed by atoms with van der Waals surface area (Å²) in [5.41, 5.74) is 3.08. The third-order valence-corrected chi connectivity index (χ3v) is 5.95. The van der Waals surface area contributed by atoms with Crippen molar-refractivity contribution in [2.45, 2.75) is 58.2 Å². The van der Waals surface area contributed by atoms with Crippen LogP contribution in [0.1, 0.15) is 45.6 Å². The number of rotatable bonds is 10. The molecule has 0 aliphatic carbocycles. The maximum atomic E-state index is 12.5. The van der Waals surface area contributed by atoms with Gasteiger partial charge < -0.3 is 5.32 Å². The van der Waals surface area contributed by atoms with E-state index in [4.69, 9.17) is 0 Å². The van der Waals surface area contributed by atoms with E-state index in [1.165, 1.54) is 23.7 Å². The molecule has 3 rings (SSSR count). The predicted molar refractivity (Wildman–Crippen MR) is 126 cm³/mol. The molecule has 0 bridgehead atoms. The minimum Gasteiger partial charge on any atom is -0.353 e. The molecule has 0 aliphatic heterocycles. The second-order valence-corrected chi connectivity index (χ2v) is 9.24. The van der Waals surface area contributed by atoms with E-state index in [9.17, 15) is 4.79 Å². The average molecular weight is 438 g/mol. The first kappa shape index (κ1) is 23.0. The summed E-state index contributed by atoms with van der Waals surface area (Å²) in [6.07, 6.45) is 6.80. The van der Waals surface area contributed by atoms with E-state index < -0.39 is 0 Å². The summed E-state index contributed by atoms with van der Waals surface area (Å²) in [7, 11) is 0. The van der Waals surface area contributed by atoms with Crippen LogP contribution < -0.4 is 5.32 Å². The van der Waals surface area contributed by atoms with Crippen molar-refractivity contribution >= 4 is 17.7 Å². The van der Waals surface area contributed by atoms with Gasteiger partial charge in [0.25, 0.3) is 0 Å². The fraction of sp³-hybridized carbons (Fsp3) is 0.417. The molecule has 0 aliphatic rings. The number of carbonyl (C=O) groups excluding carboxylic acids is 1. The first-order valence-electron chi connectivity index (χ1n) is 10.8. The first-order valence-corrected chi connectivity index (χ1v) is 11.8. The monoisotopic (exact) mass is 437 g/mol. The number of aromatic nitrogens is 4. The molecule has 0 saturated heterocycles. The van der Waals surface area contributed by atoms with Gasteiger partial charge in [0.15, 0.2) is 11.0 Å². The molecule has 2 heterocycles. The lowest BCUT2D eigenvalue weighted by atomic mass is 10.0. The van der Waals surface area contributed by atoms with Crippen molar-refractivity contribution in [3.05, 3.63) is 54.4 Å². The number of aryl methyl sites for hydroxylation is 1. The molecule has 0 fully saturated rings. The van der Waals surface area contributed by atoms with Crippen molar-refractivity contribution in [2.24, 2.45) is 5.92 Å². The van der Waals surface area contributed by atoms with Crippen LogP contribution in [0.15, 0.2) is 53.9 Å². The molecule has 164 valence electrons. The Morgan fingerprint density at radius 2 is 1.74 bits per heavy atom. The van der Waals surface area contributed by atoms with Gasteiger partial charge in [0.05, 0.1) is 5.75 Å². The van der Waals surface area contributed by atoms with Gasteiger partial charge in [-0.2, -0.15) is 0 Å². The molecule has 7 heteroatoms. The van der Waals surface area contributed by atoms with Gasteiger partial charge in [-0.15, -0.1) is 10.2 Å². The summed E-state index contributed by atoms with van der Waals surface area (Å²) >= 11 is 1.40. The van der Waals surface area contributed by atoms with Crippen LogP contribution in [0.5, 0.6) is 0 Å². The summed E-state index contributed by atoms with van der Waals surface area (Å²) in [4.78, 5) is 16.6. The number of carbonyl (C=O) groups is 1. The second-order valence-electron chi connectivity index (χ2n) is 8.30. The van der Waals surface area contributed by atoms with Gasteiger partial charge in [-0.25, -0.2) is 0 Å². The molecule has 2 aromatic heterocycles. The Bertz CT molecular complexity index is 969. The number of nitrogens with one attached hydrogen (secondary N) is 1. The molecule has 1 aromatic carbocycles. The van der Waals surface area contributed by atoms with Gasteiger partial charge in [0, 0.05) is 29.7 Å². The zero-order valence-corrected chi connectivity index (χ0v) is 19.5. The van der Waals surface area contributed by atoms with Crippen molar-refractivity contribution in [3.8, 4) is 17.1 Å². The Labute approximate surface area is 188 Å². The number of pyridine rings is 1. The molecule has 1 amide bonds. The molecule has 0 radical (unpaired) electrons. The van der Waals surface area contributed by atoms with Crippen LogP contribution >= 0.6 is 11.8 Å². The van der Waals surface area contributed by atoms with Crippen LogP contribution in [0.2, 0.25) is 0 Å². The minimum absolute atomic E-state index is 0.0194. The molecule has 0 saturated carbocycles. The van der Waals surface area contributed by atoms with Crippen molar-refractivity contribution < 1.29 is 4.79 Å². The fourth-order valence-corrected chi connectivity index (χ4v) is 4.09. The number of nitrogens with zero attached hydrogens (tertiary/aromatic N) is 4. The Hall–Kier alpha value is -2.67. The summed E-state index contributed by atoms with van der Waals surface area (Å²) in [6.45, 7) is 8.58. The van der Waals surface area contributed by atoms with E-state index in [-0.39, 0.29) is 11.9 Å². The zero-order chi connectivity index (χ0) is 22.2. The van der Waals surface area contributed by atoms with Gasteiger partial charge in [-0.05, 0) is 50.5 Å². The average Bonchev–Trinajstić information content (AvgIpc) is 3.17. The van der Waals surface area contributed by atoms with Gasteiger partial charge in [-0.3, -0.25) is 14.3 Å². The summed E-state index contributed by atoms with van der Waals surface area (Å²) in [5.74, 6) is 1.75. The Balaban J connectivity index is 1.72. The topological polar surface area (TPSA) is 72.7 Å². The smallest absolute Gasteiger partial charge is 0.230 e. The van der Waals surface area contributed by atoms with Crippen LogP contribution in [0, 0.1) is 12.8 Å². The van der Waals surface area contributed by atoms with Gasteiger partial charge >= 0.3 is 0 Å². The maximum Gasteiger partial charge on any atom is 0.230 e. The van der Waals surface area contributed by atoms with Crippen LogP contribution in [-0.2, 0) is 4.79 Å². The van der Waals surface area contributed by atoms with E-state index in [1.54, 1.807) is 12.4 Å². The molecular weight excluding hydrogens is 406 g/mol. The maximum absolute atomic E-state index is 12.5. The highest BCUT2D eigenvalue weighted by atomic mass is 32.2. The summed E-state index contributed by atoms with van der Waals surface area (Å²) in [6, 6.07) is 12.2. The van der Waals surface area contributed by atoms with Crippen LogP contribution in [0.25, 0.3) is 17.1 Å². The van der Waals surface area contributed by atoms with Crippen molar-refractivity contribution in [1.29, 1.82) is 0 Å². The van der Waals surface area contributed by atoms with Crippen LogP contribution in [-0.4, -0.2) is 37.5 Å². The normalized spacial score (nSPS) is 12.2. The lowest BCUT2D eigenvalue weighted by molar-refractivity contribution is -0.119. The summed E-state index contributed by atoms with van der Waals surface area (Å²) in [5, 5.41) is 12.6. The molecular formula is C24H31N5OS. The third kappa shape index (κ3) is 6.66. The lowest BCUT2D eigenvalue weighted by Gasteiger charge is -2.15. The molecule has 6 nitrogen and oxygen atoms in total. The number of thioether (sulfide) groups is 1. The van der Waals surface area contributed by atoms with E-state index in [0.717, 1.165) is 29.9 Å². The molecule has 0 spiro atoms. The van der Waals surface area contributed by atoms with E-state index >= 15 is 0 Å². The van der Waals surface area contributed by atoms with Crippen LogP contribution in [0.3, 0.4) is 0 Å². The largest absolute Gasteiger partial charge is 0.353 e. The molecule has 3 aromatic rings. The zero-order valence-electron chi connectivity index (χ0n) is 18.7.